The summed E-state index contributed by atoms with van der Waals surface area (Å²) in [7, 11) is 0. The molecule has 0 aliphatic carbocycles. The number of aliphatic hydroxyl groups excluding tert-OH is 1. The third kappa shape index (κ3) is 2.11. The molecule has 1 aromatic heterocycles. The van der Waals surface area contributed by atoms with Crippen LogP contribution in [0.3, 0.4) is 0 Å². The first-order valence-electron chi connectivity index (χ1n) is 5.66. The number of aryl methyl sites for hydroxylation is 1. The van der Waals surface area contributed by atoms with Gasteiger partial charge in [-0.2, -0.15) is 0 Å². The summed E-state index contributed by atoms with van der Waals surface area (Å²) in [5.74, 6) is 1.17. The van der Waals surface area contributed by atoms with Crippen LogP contribution in [-0.4, -0.2) is 35.6 Å². The Kier molecular flexibility index (Phi) is 3.29. The highest BCUT2D eigenvalue weighted by molar-refractivity contribution is 5.95. The second-order valence-electron chi connectivity index (χ2n) is 4.31. The van der Waals surface area contributed by atoms with Crippen LogP contribution in [-0.2, 0) is 0 Å². The molecule has 88 valence electrons. The summed E-state index contributed by atoms with van der Waals surface area (Å²) in [5.41, 5.74) is 0.657. The van der Waals surface area contributed by atoms with E-state index < -0.39 is 0 Å². The third-order valence-corrected chi connectivity index (χ3v) is 3.20. The normalized spacial score (nSPS) is 20.4. The fourth-order valence-electron chi connectivity index (χ4n) is 2.21. The summed E-state index contributed by atoms with van der Waals surface area (Å²) >= 11 is 0. The van der Waals surface area contributed by atoms with Crippen LogP contribution in [0.5, 0.6) is 0 Å². The average Bonchev–Trinajstić information content (AvgIpc) is 2.87. The van der Waals surface area contributed by atoms with Crippen molar-refractivity contribution in [3.05, 3.63) is 23.7 Å². The van der Waals surface area contributed by atoms with Crippen LogP contribution in [0.1, 0.15) is 29.0 Å². The summed E-state index contributed by atoms with van der Waals surface area (Å²) in [4.78, 5) is 13.9. The highest BCUT2D eigenvalue weighted by Gasteiger charge is 2.27. The maximum Gasteiger partial charge on any atom is 0.257 e. The van der Waals surface area contributed by atoms with E-state index in [0.717, 1.165) is 25.9 Å². The van der Waals surface area contributed by atoms with E-state index in [1.807, 2.05) is 4.90 Å². The van der Waals surface area contributed by atoms with Crippen molar-refractivity contribution in [1.82, 2.24) is 4.90 Å². The molecule has 0 bridgehead atoms. The molecule has 0 saturated carbocycles. The van der Waals surface area contributed by atoms with E-state index in [1.54, 1.807) is 19.3 Å². The van der Waals surface area contributed by atoms with Gasteiger partial charge in [0.1, 0.15) is 5.76 Å². The Morgan fingerprint density at radius 2 is 2.50 bits per heavy atom. The maximum absolute atomic E-state index is 12.1. The fourth-order valence-corrected chi connectivity index (χ4v) is 2.21. The van der Waals surface area contributed by atoms with Gasteiger partial charge < -0.3 is 14.4 Å². The number of furan rings is 1. The molecule has 0 spiro atoms. The van der Waals surface area contributed by atoms with Crippen LogP contribution < -0.4 is 0 Å². The van der Waals surface area contributed by atoms with Crippen molar-refractivity contribution in [2.45, 2.75) is 19.8 Å². The Hall–Kier alpha value is -1.29. The molecule has 1 atom stereocenters. The molecule has 16 heavy (non-hydrogen) atoms. The van der Waals surface area contributed by atoms with Crippen molar-refractivity contribution in [2.24, 2.45) is 5.92 Å². The Morgan fingerprint density at radius 1 is 1.69 bits per heavy atom. The van der Waals surface area contributed by atoms with Gasteiger partial charge in [0.05, 0.1) is 11.8 Å². The Morgan fingerprint density at radius 3 is 3.12 bits per heavy atom. The first kappa shape index (κ1) is 11.2. The minimum absolute atomic E-state index is 0.0479. The lowest BCUT2D eigenvalue weighted by Gasteiger charge is -2.15. The summed E-state index contributed by atoms with van der Waals surface area (Å²) in [6.07, 6.45) is 3.32. The monoisotopic (exact) mass is 223 g/mol. The van der Waals surface area contributed by atoms with Crippen LogP contribution in [0.2, 0.25) is 0 Å². The predicted octanol–water partition coefficient (Wildman–Crippen LogP) is 1.43. The van der Waals surface area contributed by atoms with Crippen LogP contribution in [0, 0.1) is 12.8 Å². The Balaban J connectivity index is 2.00. The van der Waals surface area contributed by atoms with Gasteiger partial charge in [-0.15, -0.1) is 0 Å². The number of carbonyl (C=O) groups excluding carboxylic acids is 1. The number of amides is 1. The topological polar surface area (TPSA) is 53.7 Å². The number of likely N-dealkylation sites (tertiary alicyclic amines) is 1. The number of aliphatic hydroxyl groups is 1. The van der Waals surface area contributed by atoms with Gasteiger partial charge in [0.25, 0.3) is 5.91 Å². The number of rotatable bonds is 3. The molecule has 1 aromatic rings. The largest absolute Gasteiger partial charge is 0.469 e. The smallest absolute Gasteiger partial charge is 0.257 e. The van der Waals surface area contributed by atoms with E-state index in [0.29, 0.717) is 17.2 Å². The quantitative estimate of drug-likeness (QED) is 0.843. The minimum atomic E-state index is 0.0479. The van der Waals surface area contributed by atoms with Crippen LogP contribution in [0.25, 0.3) is 0 Å². The minimum Gasteiger partial charge on any atom is -0.469 e. The number of hydrogen-bond donors (Lipinski definition) is 1. The van der Waals surface area contributed by atoms with Crippen molar-refractivity contribution in [2.75, 3.05) is 19.7 Å². The van der Waals surface area contributed by atoms with Crippen molar-refractivity contribution < 1.29 is 14.3 Å². The summed E-state index contributed by atoms with van der Waals surface area (Å²) in [5, 5.41) is 8.86. The number of hydrogen-bond acceptors (Lipinski definition) is 3. The number of nitrogens with zero attached hydrogens (tertiary/aromatic N) is 1. The van der Waals surface area contributed by atoms with Gasteiger partial charge in [-0.05, 0) is 31.7 Å². The Labute approximate surface area is 94.9 Å². The summed E-state index contributed by atoms with van der Waals surface area (Å²) in [6, 6.07) is 1.72. The average molecular weight is 223 g/mol. The SMILES string of the molecule is Cc1occc1C(=O)N1CCC(CCO)C1. The molecule has 0 radical (unpaired) electrons. The molecule has 1 fully saturated rings. The molecule has 0 aromatic carbocycles. The molecule has 1 unspecified atom stereocenters. The zero-order valence-electron chi connectivity index (χ0n) is 9.48. The van der Waals surface area contributed by atoms with Crippen molar-refractivity contribution in [1.29, 1.82) is 0 Å². The zero-order chi connectivity index (χ0) is 11.5. The van der Waals surface area contributed by atoms with Gasteiger partial charge >= 0.3 is 0 Å². The van der Waals surface area contributed by atoms with E-state index in [2.05, 4.69) is 0 Å². The first-order chi connectivity index (χ1) is 7.72. The highest BCUT2D eigenvalue weighted by atomic mass is 16.3. The van der Waals surface area contributed by atoms with Gasteiger partial charge in [0.2, 0.25) is 0 Å². The van der Waals surface area contributed by atoms with Crippen molar-refractivity contribution >= 4 is 5.91 Å². The van der Waals surface area contributed by atoms with Crippen LogP contribution in [0.15, 0.2) is 16.7 Å². The van der Waals surface area contributed by atoms with Gasteiger partial charge in [-0.1, -0.05) is 0 Å². The lowest BCUT2D eigenvalue weighted by molar-refractivity contribution is 0.0783. The van der Waals surface area contributed by atoms with Crippen molar-refractivity contribution in [3.63, 3.8) is 0 Å². The van der Waals surface area contributed by atoms with Gasteiger partial charge in [0.15, 0.2) is 0 Å². The zero-order valence-corrected chi connectivity index (χ0v) is 9.48. The van der Waals surface area contributed by atoms with E-state index in [1.165, 1.54) is 0 Å². The maximum atomic E-state index is 12.1. The first-order valence-corrected chi connectivity index (χ1v) is 5.66. The highest BCUT2D eigenvalue weighted by Crippen LogP contribution is 2.22. The van der Waals surface area contributed by atoms with E-state index >= 15 is 0 Å². The molecule has 2 rings (SSSR count). The fraction of sp³-hybridized carbons (Fsp3) is 0.583. The molecular formula is C12H17NO3. The lowest BCUT2D eigenvalue weighted by Crippen LogP contribution is -2.28. The van der Waals surface area contributed by atoms with E-state index in [-0.39, 0.29) is 12.5 Å². The van der Waals surface area contributed by atoms with Gasteiger partial charge in [-0.25, -0.2) is 0 Å². The van der Waals surface area contributed by atoms with Crippen LogP contribution in [0.4, 0.5) is 0 Å². The standard InChI is InChI=1S/C12H17NO3/c1-9-11(4-7-16-9)12(15)13-5-2-10(8-13)3-6-14/h4,7,10,14H,2-3,5-6,8H2,1H3. The second-order valence-corrected chi connectivity index (χ2v) is 4.31. The van der Waals surface area contributed by atoms with E-state index in [9.17, 15) is 4.79 Å². The molecule has 4 heteroatoms. The molecule has 4 nitrogen and oxygen atoms in total. The Bertz CT molecular complexity index is 372. The molecule has 1 N–H and O–H groups in total. The third-order valence-electron chi connectivity index (χ3n) is 3.20. The summed E-state index contributed by atoms with van der Waals surface area (Å²) in [6.45, 7) is 3.55. The van der Waals surface area contributed by atoms with Gasteiger partial charge in [-0.3, -0.25) is 4.79 Å². The second kappa shape index (κ2) is 4.70. The lowest BCUT2D eigenvalue weighted by atomic mass is 10.1. The number of carbonyl (C=O) groups is 1. The van der Waals surface area contributed by atoms with E-state index in [4.69, 9.17) is 9.52 Å². The van der Waals surface area contributed by atoms with Crippen LogP contribution >= 0.6 is 0 Å². The molecule has 2 heterocycles. The molecule has 1 aliphatic rings. The van der Waals surface area contributed by atoms with Crippen molar-refractivity contribution in [3.8, 4) is 0 Å². The summed E-state index contributed by atoms with van der Waals surface area (Å²) < 4.78 is 5.13. The molecule has 1 aliphatic heterocycles. The predicted molar refractivity (Wildman–Crippen MR) is 59.2 cm³/mol. The molecular weight excluding hydrogens is 206 g/mol. The molecule has 1 amide bonds. The molecule has 1 saturated heterocycles. The van der Waals surface area contributed by atoms with Gasteiger partial charge in [0, 0.05) is 19.7 Å².